The number of carbonyl (C=O) groups excluding carboxylic acids is 2. The van der Waals surface area contributed by atoms with Crippen LogP contribution in [0.2, 0.25) is 0 Å². The number of hydrogen-bond donors (Lipinski definition) is 0. The van der Waals surface area contributed by atoms with Crippen molar-refractivity contribution in [2.75, 3.05) is 6.61 Å². The molecule has 3 aromatic rings. The van der Waals surface area contributed by atoms with Crippen molar-refractivity contribution in [1.82, 2.24) is 0 Å². The first-order chi connectivity index (χ1) is 15.6. The summed E-state index contributed by atoms with van der Waals surface area (Å²) < 4.78 is 17.3. The van der Waals surface area contributed by atoms with Crippen molar-refractivity contribution in [3.05, 3.63) is 95.1 Å². The van der Waals surface area contributed by atoms with E-state index in [2.05, 4.69) is 0 Å². The molecule has 0 radical (unpaired) electrons. The molecule has 32 heavy (non-hydrogen) atoms. The largest absolute Gasteiger partial charge is 0.489 e. The topological polar surface area (TPSA) is 61.8 Å². The molecule has 0 bridgehead atoms. The zero-order valence-corrected chi connectivity index (χ0v) is 18.5. The highest BCUT2D eigenvalue weighted by Gasteiger charge is 2.20. The van der Waals surface area contributed by atoms with Crippen LogP contribution in [0.4, 0.5) is 0 Å². The van der Waals surface area contributed by atoms with Gasteiger partial charge >= 0.3 is 5.97 Å². The third-order valence-electron chi connectivity index (χ3n) is 5.08. The molecule has 3 rings (SSSR count). The number of ether oxygens (including phenoxy) is 3. The van der Waals surface area contributed by atoms with Crippen molar-refractivity contribution in [2.45, 2.75) is 39.4 Å². The zero-order valence-electron chi connectivity index (χ0n) is 18.5. The summed E-state index contributed by atoms with van der Waals surface area (Å²) in [4.78, 5) is 23.6. The van der Waals surface area contributed by atoms with Gasteiger partial charge in [0.2, 0.25) is 0 Å². The lowest BCUT2D eigenvalue weighted by molar-refractivity contribution is -0.143. The summed E-state index contributed by atoms with van der Waals surface area (Å²) in [6.45, 7) is 4.52. The van der Waals surface area contributed by atoms with Crippen LogP contribution < -0.4 is 9.47 Å². The molecule has 5 heteroatoms. The third-order valence-corrected chi connectivity index (χ3v) is 5.08. The first-order valence-electron chi connectivity index (χ1n) is 10.7. The summed E-state index contributed by atoms with van der Waals surface area (Å²) >= 11 is 0. The van der Waals surface area contributed by atoms with Crippen molar-refractivity contribution >= 4 is 12.3 Å². The van der Waals surface area contributed by atoms with Gasteiger partial charge in [0, 0.05) is 12.5 Å². The van der Waals surface area contributed by atoms with E-state index in [1.54, 1.807) is 25.1 Å². The van der Waals surface area contributed by atoms with E-state index in [1.807, 2.05) is 61.5 Å². The SMILES string of the molecule is CCOC(=O)CCC(Oc1cc(OCc2ccccc2)ccc1C=O)c1ccccc1C. The molecule has 3 aromatic carbocycles. The van der Waals surface area contributed by atoms with Gasteiger partial charge in [-0.15, -0.1) is 0 Å². The van der Waals surface area contributed by atoms with Crippen LogP contribution in [0.25, 0.3) is 0 Å². The lowest BCUT2D eigenvalue weighted by atomic mass is 9.99. The number of carbonyl (C=O) groups is 2. The molecule has 0 N–H and O–H groups in total. The van der Waals surface area contributed by atoms with Crippen LogP contribution in [0, 0.1) is 6.92 Å². The maximum Gasteiger partial charge on any atom is 0.305 e. The average Bonchev–Trinajstić information content (AvgIpc) is 2.82. The summed E-state index contributed by atoms with van der Waals surface area (Å²) in [5.74, 6) is 0.747. The van der Waals surface area contributed by atoms with Crippen molar-refractivity contribution in [1.29, 1.82) is 0 Å². The molecule has 1 atom stereocenters. The normalized spacial score (nSPS) is 11.4. The minimum atomic E-state index is -0.413. The number of esters is 1. The summed E-state index contributed by atoms with van der Waals surface area (Å²) in [7, 11) is 0. The first-order valence-corrected chi connectivity index (χ1v) is 10.7. The van der Waals surface area contributed by atoms with E-state index in [0.717, 1.165) is 23.0 Å². The Hall–Kier alpha value is -3.60. The van der Waals surface area contributed by atoms with Gasteiger partial charge in [0.15, 0.2) is 6.29 Å². The van der Waals surface area contributed by atoms with E-state index in [4.69, 9.17) is 14.2 Å². The average molecular weight is 433 g/mol. The monoisotopic (exact) mass is 432 g/mol. The molecule has 0 amide bonds. The lowest BCUT2D eigenvalue weighted by Gasteiger charge is -2.22. The number of aryl methyl sites for hydroxylation is 1. The maximum atomic E-state index is 12.0. The van der Waals surface area contributed by atoms with E-state index in [-0.39, 0.29) is 12.4 Å². The Kier molecular flexibility index (Phi) is 8.44. The Morgan fingerprint density at radius 2 is 1.75 bits per heavy atom. The van der Waals surface area contributed by atoms with Crippen LogP contribution in [0.3, 0.4) is 0 Å². The van der Waals surface area contributed by atoms with Gasteiger partial charge in [-0.3, -0.25) is 9.59 Å². The predicted octanol–water partition coefficient (Wildman–Crippen LogP) is 5.85. The van der Waals surface area contributed by atoms with Crippen LogP contribution in [0.5, 0.6) is 11.5 Å². The Morgan fingerprint density at radius 1 is 1.00 bits per heavy atom. The Balaban J connectivity index is 1.82. The first kappa shape index (κ1) is 23.1. The molecule has 5 nitrogen and oxygen atoms in total. The minimum Gasteiger partial charge on any atom is -0.489 e. The fourth-order valence-electron chi connectivity index (χ4n) is 3.41. The molecule has 0 spiro atoms. The molecule has 0 aliphatic carbocycles. The van der Waals surface area contributed by atoms with E-state index in [1.165, 1.54) is 0 Å². The fraction of sp³-hybridized carbons (Fsp3) is 0.259. The van der Waals surface area contributed by atoms with Crippen molar-refractivity contribution < 1.29 is 23.8 Å². The summed E-state index contributed by atoms with van der Waals surface area (Å²) in [5, 5.41) is 0. The molecule has 0 aromatic heterocycles. The van der Waals surface area contributed by atoms with Crippen LogP contribution in [0.1, 0.15) is 52.9 Å². The van der Waals surface area contributed by atoms with Gasteiger partial charge in [0.1, 0.15) is 24.2 Å². The Labute approximate surface area is 188 Å². The van der Waals surface area contributed by atoms with Crippen molar-refractivity contribution in [2.24, 2.45) is 0 Å². The number of aldehydes is 1. The minimum absolute atomic E-state index is 0.216. The van der Waals surface area contributed by atoms with Crippen LogP contribution in [-0.2, 0) is 16.1 Å². The van der Waals surface area contributed by atoms with Gasteiger partial charge in [0.25, 0.3) is 0 Å². The van der Waals surface area contributed by atoms with Gasteiger partial charge in [-0.2, -0.15) is 0 Å². The van der Waals surface area contributed by atoms with Gasteiger partial charge in [-0.25, -0.2) is 0 Å². The van der Waals surface area contributed by atoms with Crippen LogP contribution >= 0.6 is 0 Å². The second kappa shape index (κ2) is 11.7. The predicted molar refractivity (Wildman–Crippen MR) is 123 cm³/mol. The molecule has 0 aliphatic heterocycles. The summed E-state index contributed by atoms with van der Waals surface area (Å²) in [6, 6.07) is 22.9. The summed E-state index contributed by atoms with van der Waals surface area (Å²) in [6.07, 6.45) is 0.991. The third kappa shape index (κ3) is 6.45. The highest BCUT2D eigenvalue weighted by atomic mass is 16.5. The van der Waals surface area contributed by atoms with E-state index in [0.29, 0.717) is 36.7 Å². The summed E-state index contributed by atoms with van der Waals surface area (Å²) in [5.41, 5.74) is 3.48. The van der Waals surface area contributed by atoms with Crippen LogP contribution in [-0.4, -0.2) is 18.9 Å². The lowest BCUT2D eigenvalue weighted by Crippen LogP contribution is -2.14. The zero-order chi connectivity index (χ0) is 22.8. The second-order valence-corrected chi connectivity index (χ2v) is 7.40. The second-order valence-electron chi connectivity index (χ2n) is 7.40. The van der Waals surface area contributed by atoms with Gasteiger partial charge in [0.05, 0.1) is 12.2 Å². The van der Waals surface area contributed by atoms with Gasteiger partial charge in [-0.05, 0) is 49.1 Å². The quantitative estimate of drug-likeness (QED) is 0.281. The van der Waals surface area contributed by atoms with Crippen molar-refractivity contribution in [3.8, 4) is 11.5 Å². The van der Waals surface area contributed by atoms with Gasteiger partial charge < -0.3 is 14.2 Å². The van der Waals surface area contributed by atoms with Crippen molar-refractivity contribution in [3.63, 3.8) is 0 Å². The molecule has 166 valence electrons. The molecule has 0 saturated heterocycles. The molecule has 1 unspecified atom stereocenters. The number of rotatable bonds is 11. The number of benzene rings is 3. The molecular formula is C27H28O5. The standard InChI is InChI=1S/C27H28O5/c1-3-30-27(29)16-15-25(24-12-8-7-9-20(24)2)32-26-17-23(14-13-22(26)18-28)31-19-21-10-5-4-6-11-21/h4-14,17-18,25H,3,15-16,19H2,1-2H3. The molecule has 0 aliphatic rings. The van der Waals surface area contributed by atoms with E-state index in [9.17, 15) is 9.59 Å². The fourth-order valence-corrected chi connectivity index (χ4v) is 3.41. The Bertz CT molecular complexity index is 1030. The molecule has 0 heterocycles. The molecular weight excluding hydrogens is 404 g/mol. The molecule has 0 saturated carbocycles. The molecule has 0 fully saturated rings. The highest BCUT2D eigenvalue weighted by molar-refractivity contribution is 5.79. The van der Waals surface area contributed by atoms with Crippen LogP contribution in [0.15, 0.2) is 72.8 Å². The maximum absolute atomic E-state index is 12.0. The smallest absolute Gasteiger partial charge is 0.305 e. The highest BCUT2D eigenvalue weighted by Crippen LogP contribution is 2.32. The Morgan fingerprint density at radius 3 is 2.47 bits per heavy atom. The van der Waals surface area contributed by atoms with E-state index < -0.39 is 6.10 Å². The van der Waals surface area contributed by atoms with E-state index >= 15 is 0 Å². The number of hydrogen-bond acceptors (Lipinski definition) is 5. The van der Waals surface area contributed by atoms with Gasteiger partial charge in [-0.1, -0.05) is 54.6 Å².